The zero-order valence-electron chi connectivity index (χ0n) is 11.6. The van der Waals surface area contributed by atoms with Crippen LogP contribution in [0.2, 0.25) is 0 Å². The molecule has 18 heavy (non-hydrogen) atoms. The maximum atomic E-state index is 11.6. The van der Waals surface area contributed by atoms with Crippen LogP contribution in [-0.4, -0.2) is 45.5 Å². The minimum absolute atomic E-state index is 0.219. The Labute approximate surface area is 108 Å². The molecule has 6 heteroatoms. The first kappa shape index (κ1) is 16.9. The molecule has 0 radical (unpaired) electrons. The molecule has 0 aromatic carbocycles. The van der Waals surface area contributed by atoms with E-state index in [2.05, 4.69) is 5.32 Å². The first-order chi connectivity index (χ1) is 8.44. The Balaban J connectivity index is 3.68. The Hall–Kier alpha value is -1.14. The van der Waals surface area contributed by atoms with Crippen LogP contribution in [-0.2, 0) is 23.8 Å². The van der Waals surface area contributed by atoms with E-state index in [-0.39, 0.29) is 19.2 Å². The second-order valence-corrected chi connectivity index (χ2v) is 4.47. The van der Waals surface area contributed by atoms with Crippen LogP contribution in [0.25, 0.3) is 0 Å². The molecule has 1 N–H and O–H groups in total. The van der Waals surface area contributed by atoms with E-state index in [1.165, 1.54) is 0 Å². The first-order valence-corrected chi connectivity index (χ1v) is 5.96. The molecule has 0 amide bonds. The number of nitrogens with one attached hydrogen (secondary N) is 1. The van der Waals surface area contributed by atoms with E-state index in [0.29, 0.717) is 19.7 Å². The molecule has 0 atom stereocenters. The largest absolute Gasteiger partial charge is 0.462 e. The van der Waals surface area contributed by atoms with Gasteiger partial charge in [0.25, 0.3) is 0 Å². The number of methoxy groups -OCH3 is 1. The summed E-state index contributed by atoms with van der Waals surface area (Å²) in [6.07, 6.45) is 0.655. The second-order valence-electron chi connectivity index (χ2n) is 4.47. The van der Waals surface area contributed by atoms with Crippen LogP contribution < -0.4 is 5.32 Å². The maximum Gasteiger partial charge on any atom is 0.344 e. The van der Waals surface area contributed by atoms with Gasteiger partial charge >= 0.3 is 11.9 Å². The van der Waals surface area contributed by atoms with Gasteiger partial charge in [-0.2, -0.15) is 0 Å². The molecule has 0 unspecified atom stereocenters. The Morgan fingerprint density at radius 2 is 1.89 bits per heavy atom. The van der Waals surface area contributed by atoms with Crippen LogP contribution in [0.3, 0.4) is 0 Å². The van der Waals surface area contributed by atoms with Gasteiger partial charge in [-0.15, -0.1) is 0 Å². The zero-order valence-corrected chi connectivity index (χ0v) is 11.6. The van der Waals surface area contributed by atoms with E-state index < -0.39 is 11.4 Å². The normalized spacial score (nSPS) is 11.1. The first-order valence-electron chi connectivity index (χ1n) is 5.96. The lowest BCUT2D eigenvalue weighted by Crippen LogP contribution is -2.29. The topological polar surface area (TPSA) is 73.9 Å². The summed E-state index contributed by atoms with van der Waals surface area (Å²) in [5, 5.41) is 2.88. The average molecular weight is 261 g/mol. The van der Waals surface area contributed by atoms with Gasteiger partial charge in [0.05, 0.1) is 12.1 Å². The summed E-state index contributed by atoms with van der Waals surface area (Å²) >= 11 is 0. The van der Waals surface area contributed by atoms with Crippen LogP contribution >= 0.6 is 0 Å². The highest BCUT2D eigenvalue weighted by Crippen LogP contribution is 2.21. The lowest BCUT2D eigenvalue weighted by Gasteiger charge is -2.19. The minimum Gasteiger partial charge on any atom is -0.462 e. The van der Waals surface area contributed by atoms with E-state index in [4.69, 9.17) is 14.2 Å². The van der Waals surface area contributed by atoms with Gasteiger partial charge in [0, 0.05) is 13.7 Å². The summed E-state index contributed by atoms with van der Waals surface area (Å²) in [5.41, 5.74) is -0.569. The molecule has 0 saturated heterocycles. The number of rotatable bonds is 9. The number of hydrogen-bond acceptors (Lipinski definition) is 6. The van der Waals surface area contributed by atoms with Crippen molar-refractivity contribution in [1.82, 2.24) is 5.32 Å². The molecule has 6 nitrogen and oxygen atoms in total. The van der Waals surface area contributed by atoms with Gasteiger partial charge in [-0.3, -0.25) is 10.1 Å². The van der Waals surface area contributed by atoms with Crippen molar-refractivity contribution < 1.29 is 23.8 Å². The number of carbonyl (C=O) groups excluding carboxylic acids is 2. The van der Waals surface area contributed by atoms with Crippen LogP contribution in [0, 0.1) is 5.41 Å². The molecule has 0 spiro atoms. The van der Waals surface area contributed by atoms with Crippen molar-refractivity contribution >= 4 is 11.9 Å². The lowest BCUT2D eigenvalue weighted by atomic mass is 9.91. The van der Waals surface area contributed by atoms with E-state index >= 15 is 0 Å². The molecular formula is C12H23NO5. The highest BCUT2D eigenvalue weighted by Gasteiger charge is 2.27. The third-order valence-corrected chi connectivity index (χ3v) is 2.55. The van der Waals surface area contributed by atoms with E-state index in [1.54, 1.807) is 21.0 Å². The van der Waals surface area contributed by atoms with Crippen LogP contribution in [0.5, 0.6) is 0 Å². The third kappa shape index (κ3) is 7.24. The minimum atomic E-state index is -0.569. The highest BCUT2D eigenvalue weighted by molar-refractivity contribution is 5.79. The number of ether oxygens (including phenoxy) is 3. The monoisotopic (exact) mass is 261 g/mol. The lowest BCUT2D eigenvalue weighted by molar-refractivity contribution is -0.164. The molecule has 0 rings (SSSR count). The predicted octanol–water partition coefficient (Wildman–Crippen LogP) is 0.703. The molecule has 0 aromatic heterocycles. The zero-order chi connectivity index (χ0) is 14.0. The van der Waals surface area contributed by atoms with E-state index in [0.717, 1.165) is 0 Å². The van der Waals surface area contributed by atoms with Crippen LogP contribution in [0.1, 0.15) is 27.2 Å². The second kappa shape index (κ2) is 8.88. The summed E-state index contributed by atoms with van der Waals surface area (Å²) < 4.78 is 14.5. The standard InChI is InChI=1S/C12H23NO5/c1-5-12(2,3)11(15)18-8-10(14)17-7-6-13-9-16-4/h13H,5-9H2,1-4H3. The highest BCUT2D eigenvalue weighted by atomic mass is 16.6. The van der Waals surface area contributed by atoms with Gasteiger partial charge < -0.3 is 14.2 Å². The van der Waals surface area contributed by atoms with Crippen molar-refractivity contribution in [2.24, 2.45) is 5.41 Å². The van der Waals surface area contributed by atoms with Crippen LogP contribution in [0.4, 0.5) is 0 Å². The molecule has 0 fully saturated rings. The number of carbonyl (C=O) groups is 2. The average Bonchev–Trinajstić information content (AvgIpc) is 2.35. The molecular weight excluding hydrogens is 238 g/mol. The summed E-state index contributed by atoms with van der Waals surface area (Å²) in [7, 11) is 1.56. The van der Waals surface area contributed by atoms with Gasteiger partial charge in [-0.05, 0) is 20.3 Å². The molecule has 0 aliphatic carbocycles. The van der Waals surface area contributed by atoms with Gasteiger partial charge in [0.15, 0.2) is 6.61 Å². The summed E-state index contributed by atoms with van der Waals surface area (Å²) in [6, 6.07) is 0. The van der Waals surface area contributed by atoms with Gasteiger partial charge in [0.1, 0.15) is 6.61 Å². The number of hydrogen-bond donors (Lipinski definition) is 1. The van der Waals surface area contributed by atoms with Gasteiger partial charge in [0.2, 0.25) is 0 Å². The van der Waals surface area contributed by atoms with Crippen molar-refractivity contribution in [3.8, 4) is 0 Å². The maximum absolute atomic E-state index is 11.6. The predicted molar refractivity (Wildman–Crippen MR) is 65.9 cm³/mol. The Morgan fingerprint density at radius 1 is 1.22 bits per heavy atom. The van der Waals surface area contributed by atoms with Crippen molar-refractivity contribution in [3.63, 3.8) is 0 Å². The summed E-state index contributed by atoms with van der Waals surface area (Å²) in [5.74, 6) is -0.936. The molecule has 106 valence electrons. The Bertz CT molecular complexity index is 265. The van der Waals surface area contributed by atoms with Crippen molar-refractivity contribution in [2.75, 3.05) is 33.6 Å². The quantitative estimate of drug-likeness (QED) is 0.374. The molecule has 0 heterocycles. The molecule has 0 aliphatic rings. The SMILES string of the molecule is CCC(C)(C)C(=O)OCC(=O)OCCNCOC. The smallest absolute Gasteiger partial charge is 0.344 e. The Morgan fingerprint density at radius 3 is 2.44 bits per heavy atom. The van der Waals surface area contributed by atoms with E-state index in [1.807, 2.05) is 6.92 Å². The van der Waals surface area contributed by atoms with Gasteiger partial charge in [-0.25, -0.2) is 4.79 Å². The molecule has 0 saturated carbocycles. The fourth-order valence-electron chi connectivity index (χ4n) is 0.917. The van der Waals surface area contributed by atoms with Crippen molar-refractivity contribution in [1.29, 1.82) is 0 Å². The molecule has 0 bridgehead atoms. The molecule has 0 aromatic rings. The fourth-order valence-corrected chi connectivity index (χ4v) is 0.917. The van der Waals surface area contributed by atoms with Gasteiger partial charge in [-0.1, -0.05) is 6.92 Å². The van der Waals surface area contributed by atoms with E-state index in [9.17, 15) is 9.59 Å². The Kier molecular flexibility index (Phi) is 8.32. The van der Waals surface area contributed by atoms with Crippen molar-refractivity contribution in [2.45, 2.75) is 27.2 Å². The van der Waals surface area contributed by atoms with Crippen LogP contribution in [0.15, 0.2) is 0 Å². The van der Waals surface area contributed by atoms with Crippen molar-refractivity contribution in [3.05, 3.63) is 0 Å². The summed E-state index contributed by atoms with van der Waals surface area (Å²) in [4.78, 5) is 22.8. The third-order valence-electron chi connectivity index (χ3n) is 2.55. The number of esters is 2. The summed E-state index contributed by atoms with van der Waals surface area (Å²) in [6.45, 7) is 6.21. The molecule has 0 aliphatic heterocycles. The fraction of sp³-hybridized carbons (Fsp3) is 0.833.